The van der Waals surface area contributed by atoms with Crippen LogP contribution in [0, 0.1) is 0 Å². The molecular formula is C64H45NS. The maximum Gasteiger partial charge on any atom is 0.0713 e. The Balaban J connectivity index is 1.07. The van der Waals surface area contributed by atoms with E-state index in [2.05, 4.69) is 255 Å². The van der Waals surface area contributed by atoms with Crippen LogP contribution < -0.4 is 4.90 Å². The molecule has 0 bridgehead atoms. The van der Waals surface area contributed by atoms with Gasteiger partial charge in [-0.3, -0.25) is 0 Å². The summed E-state index contributed by atoms with van der Waals surface area (Å²) in [5, 5.41) is 2.55. The van der Waals surface area contributed by atoms with Crippen LogP contribution in [0.25, 0.3) is 64.7 Å². The van der Waals surface area contributed by atoms with Crippen LogP contribution in [0.4, 0.5) is 17.1 Å². The van der Waals surface area contributed by atoms with Crippen molar-refractivity contribution in [2.75, 3.05) is 4.90 Å². The summed E-state index contributed by atoms with van der Waals surface area (Å²) in [6, 6.07) is 88.3. The van der Waals surface area contributed by atoms with Gasteiger partial charge >= 0.3 is 0 Å². The van der Waals surface area contributed by atoms with Crippen molar-refractivity contribution in [3.63, 3.8) is 0 Å². The van der Waals surface area contributed by atoms with Gasteiger partial charge in [-0.25, -0.2) is 0 Å². The molecule has 2 aliphatic carbocycles. The molecule has 0 radical (unpaired) electrons. The lowest BCUT2D eigenvalue weighted by molar-refractivity contribution is 0.660. The van der Waals surface area contributed by atoms with Gasteiger partial charge in [0, 0.05) is 48.2 Å². The zero-order chi connectivity index (χ0) is 44.0. The highest BCUT2D eigenvalue weighted by atomic mass is 32.1. The van der Waals surface area contributed by atoms with Crippen LogP contribution in [0.5, 0.6) is 0 Å². The molecule has 0 atom stereocenters. The predicted octanol–water partition coefficient (Wildman–Crippen LogP) is 17.5. The number of benzene rings is 10. The van der Waals surface area contributed by atoms with Gasteiger partial charge in [-0.1, -0.05) is 202 Å². The van der Waals surface area contributed by atoms with E-state index in [4.69, 9.17) is 0 Å². The van der Waals surface area contributed by atoms with E-state index < -0.39 is 5.41 Å². The van der Waals surface area contributed by atoms with Crippen molar-refractivity contribution >= 4 is 48.6 Å². The van der Waals surface area contributed by atoms with Gasteiger partial charge in [-0.2, -0.15) is 0 Å². The Hall–Kier alpha value is -7.78. The second kappa shape index (κ2) is 14.9. The molecule has 13 rings (SSSR count). The number of anilines is 3. The molecule has 0 saturated heterocycles. The van der Waals surface area contributed by atoms with Crippen LogP contribution in [0.3, 0.4) is 0 Å². The lowest BCUT2D eigenvalue weighted by Gasteiger charge is -2.34. The molecule has 11 aromatic rings. The summed E-state index contributed by atoms with van der Waals surface area (Å²) in [5.74, 6) is 0. The minimum Gasteiger partial charge on any atom is -0.310 e. The zero-order valence-electron chi connectivity index (χ0n) is 36.9. The Morgan fingerprint density at radius 2 is 0.864 bits per heavy atom. The number of nitrogens with zero attached hydrogens (tertiary/aromatic N) is 1. The first kappa shape index (κ1) is 38.7. The van der Waals surface area contributed by atoms with E-state index in [0.717, 1.165) is 17.1 Å². The third kappa shape index (κ3) is 5.71. The maximum absolute atomic E-state index is 2.52. The molecule has 0 fully saturated rings. The molecule has 1 nitrogen and oxygen atoms in total. The molecule has 0 N–H and O–H groups in total. The van der Waals surface area contributed by atoms with Crippen molar-refractivity contribution in [3.8, 4) is 44.5 Å². The van der Waals surface area contributed by atoms with E-state index in [1.54, 1.807) is 0 Å². The summed E-state index contributed by atoms with van der Waals surface area (Å²) >= 11 is 1.90. The van der Waals surface area contributed by atoms with Gasteiger partial charge in [0.15, 0.2) is 0 Å². The summed E-state index contributed by atoms with van der Waals surface area (Å²) in [5.41, 5.74) is 20.7. The standard InChI is InChI=1S/C64H45NS/c1-63(2)57-27-15-12-24-50(57)52-37-35-48(41-59(52)63)65(47-33-30-43(31-34-47)42-18-6-3-7-19-42)49-39-55(62-56(40-49)54-26-14-17-29-61(54)66-62)44-32-36-53-51-25-13-16-28-58(51)64(60(53)38-44,45-20-8-4-9-21-45)46-22-10-5-11-23-46/h3-41H,1-2H3. The molecule has 0 aliphatic heterocycles. The Morgan fingerprint density at radius 3 is 1.59 bits per heavy atom. The normalized spacial score (nSPS) is 13.8. The maximum atomic E-state index is 2.52. The van der Waals surface area contributed by atoms with Gasteiger partial charge in [0.2, 0.25) is 0 Å². The molecule has 0 amide bonds. The topological polar surface area (TPSA) is 3.24 Å². The zero-order valence-corrected chi connectivity index (χ0v) is 37.7. The molecule has 2 aliphatic rings. The van der Waals surface area contributed by atoms with E-state index in [1.807, 2.05) is 11.3 Å². The van der Waals surface area contributed by atoms with E-state index in [9.17, 15) is 0 Å². The van der Waals surface area contributed by atoms with Crippen LogP contribution in [-0.4, -0.2) is 0 Å². The van der Waals surface area contributed by atoms with Crippen molar-refractivity contribution in [1.82, 2.24) is 0 Å². The fourth-order valence-electron chi connectivity index (χ4n) is 11.5. The van der Waals surface area contributed by atoms with Crippen molar-refractivity contribution < 1.29 is 0 Å². The molecule has 0 saturated carbocycles. The van der Waals surface area contributed by atoms with Crippen molar-refractivity contribution in [2.45, 2.75) is 24.7 Å². The van der Waals surface area contributed by atoms with Crippen molar-refractivity contribution in [1.29, 1.82) is 0 Å². The average molecular weight is 860 g/mol. The van der Waals surface area contributed by atoms with Gasteiger partial charge in [-0.15, -0.1) is 11.3 Å². The third-order valence-electron chi connectivity index (χ3n) is 14.5. The molecule has 2 heteroatoms. The van der Waals surface area contributed by atoms with E-state index in [1.165, 1.54) is 98.1 Å². The summed E-state index contributed by atoms with van der Waals surface area (Å²) in [7, 11) is 0. The second-order valence-electron chi connectivity index (χ2n) is 18.4. The second-order valence-corrected chi connectivity index (χ2v) is 19.5. The Bertz CT molecular complexity index is 3620. The highest BCUT2D eigenvalue weighted by molar-refractivity contribution is 7.26. The molecule has 0 unspecified atom stereocenters. The third-order valence-corrected chi connectivity index (χ3v) is 15.8. The monoisotopic (exact) mass is 859 g/mol. The largest absolute Gasteiger partial charge is 0.310 e. The number of rotatable bonds is 7. The van der Waals surface area contributed by atoms with Gasteiger partial charge in [0.25, 0.3) is 0 Å². The molecule has 312 valence electrons. The average Bonchev–Trinajstić information content (AvgIpc) is 3.98. The molecule has 66 heavy (non-hydrogen) atoms. The van der Waals surface area contributed by atoms with Crippen molar-refractivity contribution in [2.24, 2.45) is 0 Å². The van der Waals surface area contributed by atoms with Gasteiger partial charge in [-0.05, 0) is 121 Å². The number of hydrogen-bond acceptors (Lipinski definition) is 2. The van der Waals surface area contributed by atoms with Crippen LogP contribution >= 0.6 is 11.3 Å². The SMILES string of the molecule is CC1(C)c2ccccc2-c2ccc(N(c3ccc(-c4ccccc4)cc3)c3cc(-c4ccc5c(c4)C(c4ccccc4)(c4ccccc4)c4ccccc4-5)c4sc5ccccc5c4c3)cc21. The number of fused-ring (bicyclic) bond motifs is 9. The summed E-state index contributed by atoms with van der Waals surface area (Å²) in [6.45, 7) is 4.75. The Kier molecular flexibility index (Phi) is 8.72. The lowest BCUT2D eigenvalue weighted by Crippen LogP contribution is -2.28. The van der Waals surface area contributed by atoms with E-state index >= 15 is 0 Å². The summed E-state index contributed by atoms with van der Waals surface area (Å²) in [4.78, 5) is 2.49. The summed E-state index contributed by atoms with van der Waals surface area (Å²) < 4.78 is 2.59. The smallest absolute Gasteiger partial charge is 0.0713 e. The first-order valence-corrected chi connectivity index (χ1v) is 23.8. The molecular weight excluding hydrogens is 815 g/mol. The first-order valence-electron chi connectivity index (χ1n) is 23.0. The highest BCUT2D eigenvalue weighted by Gasteiger charge is 2.46. The molecule has 10 aromatic carbocycles. The lowest BCUT2D eigenvalue weighted by atomic mass is 9.67. The molecule has 1 aromatic heterocycles. The van der Waals surface area contributed by atoms with Gasteiger partial charge < -0.3 is 4.90 Å². The fourth-order valence-corrected chi connectivity index (χ4v) is 12.7. The van der Waals surface area contributed by atoms with Crippen LogP contribution in [0.2, 0.25) is 0 Å². The fraction of sp³-hybridized carbons (Fsp3) is 0.0625. The van der Waals surface area contributed by atoms with Gasteiger partial charge in [0.1, 0.15) is 0 Å². The number of hydrogen-bond donors (Lipinski definition) is 0. The first-order chi connectivity index (χ1) is 32.5. The summed E-state index contributed by atoms with van der Waals surface area (Å²) in [6.07, 6.45) is 0. The minimum absolute atomic E-state index is 0.143. The quantitative estimate of drug-likeness (QED) is 0.154. The minimum atomic E-state index is -0.497. The van der Waals surface area contributed by atoms with E-state index in [-0.39, 0.29) is 5.41 Å². The van der Waals surface area contributed by atoms with Crippen molar-refractivity contribution in [3.05, 3.63) is 270 Å². The molecule has 0 spiro atoms. The highest BCUT2D eigenvalue weighted by Crippen LogP contribution is 2.58. The van der Waals surface area contributed by atoms with Crippen LogP contribution in [0.15, 0.2) is 237 Å². The van der Waals surface area contributed by atoms with Crippen LogP contribution in [0.1, 0.15) is 47.2 Å². The molecule has 1 heterocycles. The van der Waals surface area contributed by atoms with Gasteiger partial charge in [0.05, 0.1) is 5.41 Å². The Morgan fingerprint density at radius 1 is 0.333 bits per heavy atom. The Labute approximate surface area is 390 Å². The van der Waals surface area contributed by atoms with E-state index in [0.29, 0.717) is 0 Å². The predicted molar refractivity (Wildman–Crippen MR) is 280 cm³/mol. The number of thiophene rings is 1. The van der Waals surface area contributed by atoms with Crippen LogP contribution in [-0.2, 0) is 10.8 Å².